The van der Waals surface area contributed by atoms with Crippen molar-refractivity contribution in [2.45, 2.75) is 32.2 Å². The molecule has 8 heteroatoms. The quantitative estimate of drug-likeness (QED) is 0.560. The molecule has 1 fully saturated rings. The van der Waals surface area contributed by atoms with Gasteiger partial charge in [-0.3, -0.25) is 4.79 Å². The number of hydrogen-bond acceptors (Lipinski definition) is 5. The fraction of sp³-hybridized carbons (Fsp3) is 0.409. The van der Waals surface area contributed by atoms with Crippen molar-refractivity contribution in [2.24, 2.45) is 11.1 Å². The molecule has 1 atom stereocenters. The Morgan fingerprint density at radius 3 is 2.70 bits per heavy atom. The summed E-state index contributed by atoms with van der Waals surface area (Å²) in [4.78, 5) is 27.5. The summed E-state index contributed by atoms with van der Waals surface area (Å²) in [5.74, 6) is 0.988. The van der Waals surface area contributed by atoms with Crippen molar-refractivity contribution in [3.05, 3.63) is 53.4 Å². The molecule has 1 aromatic carbocycles. The summed E-state index contributed by atoms with van der Waals surface area (Å²) in [6.45, 7) is 3.98. The molecule has 1 amide bonds. The second-order valence-corrected chi connectivity index (χ2v) is 8.43. The molecule has 30 heavy (non-hydrogen) atoms. The van der Waals surface area contributed by atoms with E-state index in [9.17, 15) is 4.79 Å². The third kappa shape index (κ3) is 4.00. The van der Waals surface area contributed by atoms with Gasteiger partial charge in [0.1, 0.15) is 17.8 Å². The van der Waals surface area contributed by atoms with E-state index in [1.807, 2.05) is 43.5 Å². The predicted molar refractivity (Wildman–Crippen MR) is 119 cm³/mol. The van der Waals surface area contributed by atoms with Gasteiger partial charge in [-0.2, -0.15) is 0 Å². The van der Waals surface area contributed by atoms with E-state index in [-0.39, 0.29) is 11.9 Å². The lowest BCUT2D eigenvalue weighted by Gasteiger charge is -2.41. The normalized spacial score (nSPS) is 17.1. The Hall–Kier alpha value is -2.64. The molecule has 4 rings (SSSR count). The van der Waals surface area contributed by atoms with Gasteiger partial charge in [-0.05, 0) is 56.5 Å². The van der Waals surface area contributed by atoms with Crippen molar-refractivity contribution in [3.63, 3.8) is 0 Å². The number of benzene rings is 1. The second-order valence-electron chi connectivity index (χ2n) is 7.99. The first kappa shape index (κ1) is 20.6. The molecule has 2 aromatic heterocycles. The summed E-state index contributed by atoms with van der Waals surface area (Å²) in [5.41, 5.74) is 7.31. The average Bonchev–Trinajstić information content (AvgIpc) is 3.24. The first-order valence-corrected chi connectivity index (χ1v) is 10.7. The van der Waals surface area contributed by atoms with Crippen LogP contribution in [0.5, 0.6) is 0 Å². The van der Waals surface area contributed by atoms with E-state index in [0.717, 1.165) is 48.3 Å². The topological polar surface area (TPSA) is 99.9 Å². The minimum absolute atomic E-state index is 0.0736. The summed E-state index contributed by atoms with van der Waals surface area (Å²) in [6.07, 6.45) is 5.59. The molecular formula is C22H27ClN6O. The molecule has 0 saturated carbocycles. The van der Waals surface area contributed by atoms with Gasteiger partial charge in [-0.1, -0.05) is 23.7 Å². The fourth-order valence-corrected chi connectivity index (χ4v) is 4.43. The van der Waals surface area contributed by atoms with Gasteiger partial charge >= 0.3 is 0 Å². The zero-order valence-electron chi connectivity index (χ0n) is 17.1. The molecule has 3 aromatic rings. The average molecular weight is 427 g/mol. The molecular weight excluding hydrogens is 400 g/mol. The number of amides is 1. The largest absolute Gasteiger partial charge is 0.356 e. The highest BCUT2D eigenvalue weighted by molar-refractivity contribution is 6.30. The molecule has 7 nitrogen and oxygen atoms in total. The van der Waals surface area contributed by atoms with Gasteiger partial charge < -0.3 is 20.9 Å². The van der Waals surface area contributed by atoms with Crippen molar-refractivity contribution in [1.82, 2.24) is 20.3 Å². The maximum atomic E-state index is 13.3. The van der Waals surface area contributed by atoms with Crippen LogP contribution in [0.4, 0.5) is 5.82 Å². The van der Waals surface area contributed by atoms with Crippen LogP contribution in [0, 0.1) is 5.41 Å². The van der Waals surface area contributed by atoms with Gasteiger partial charge in [0.25, 0.3) is 0 Å². The zero-order chi connectivity index (χ0) is 21.1. The third-order valence-electron chi connectivity index (χ3n) is 6.18. The van der Waals surface area contributed by atoms with Crippen LogP contribution in [0.25, 0.3) is 11.0 Å². The number of aromatic nitrogens is 3. The van der Waals surface area contributed by atoms with Gasteiger partial charge in [-0.25, -0.2) is 9.97 Å². The number of H-pyrrole nitrogens is 1. The second kappa shape index (κ2) is 8.62. The number of nitrogens with zero attached hydrogens (tertiary/aromatic N) is 3. The smallest absolute Gasteiger partial charge is 0.226 e. The molecule has 0 unspecified atom stereocenters. The Morgan fingerprint density at radius 1 is 1.27 bits per heavy atom. The lowest BCUT2D eigenvalue weighted by atomic mass is 9.74. The number of nitrogens with one attached hydrogen (secondary N) is 2. The van der Waals surface area contributed by atoms with Crippen LogP contribution in [0.15, 0.2) is 42.9 Å². The summed E-state index contributed by atoms with van der Waals surface area (Å²) < 4.78 is 0. The number of carbonyl (C=O) groups is 1. The standard InChI is InChI=1S/C22H27ClN6O/c1-15(16-2-4-17(23)5-3-16)28-21(30)22(7-10-24)8-12-29(13-9-22)20-18-6-11-25-19(18)26-14-27-20/h2-6,11,14-15H,7-10,12-13,24H2,1H3,(H,28,30)(H,25,26,27)/t15-/m0/s1. The molecule has 0 spiro atoms. The number of piperidine rings is 1. The van der Waals surface area contributed by atoms with E-state index >= 15 is 0 Å². The van der Waals surface area contributed by atoms with Gasteiger partial charge in [0, 0.05) is 24.3 Å². The van der Waals surface area contributed by atoms with Crippen molar-refractivity contribution < 1.29 is 4.79 Å². The predicted octanol–water partition coefficient (Wildman–Crippen LogP) is 3.42. The van der Waals surface area contributed by atoms with E-state index in [4.69, 9.17) is 17.3 Å². The SMILES string of the molecule is C[C@H](NC(=O)C1(CCN)CCN(c2ncnc3[nH]ccc23)CC1)c1ccc(Cl)cc1. The highest BCUT2D eigenvalue weighted by Crippen LogP contribution is 2.38. The number of anilines is 1. The zero-order valence-corrected chi connectivity index (χ0v) is 17.8. The molecule has 0 aliphatic carbocycles. The van der Waals surface area contributed by atoms with Gasteiger partial charge in [0.15, 0.2) is 0 Å². The molecule has 1 saturated heterocycles. The van der Waals surface area contributed by atoms with Crippen LogP contribution in [-0.4, -0.2) is 40.5 Å². The summed E-state index contributed by atoms with van der Waals surface area (Å²) in [5, 5.41) is 4.89. The summed E-state index contributed by atoms with van der Waals surface area (Å²) in [6, 6.07) is 9.48. The molecule has 1 aliphatic rings. The van der Waals surface area contributed by atoms with Crippen LogP contribution < -0.4 is 16.0 Å². The molecule has 3 heterocycles. The number of rotatable bonds is 6. The first-order valence-electron chi connectivity index (χ1n) is 10.3. The van der Waals surface area contributed by atoms with E-state index in [2.05, 4.69) is 25.2 Å². The lowest BCUT2D eigenvalue weighted by molar-refractivity contribution is -0.133. The van der Waals surface area contributed by atoms with Crippen LogP contribution in [0.3, 0.4) is 0 Å². The summed E-state index contributed by atoms with van der Waals surface area (Å²) in [7, 11) is 0. The minimum atomic E-state index is -0.462. The van der Waals surface area contributed by atoms with Crippen LogP contribution in [-0.2, 0) is 4.79 Å². The van der Waals surface area contributed by atoms with E-state index in [1.54, 1.807) is 6.33 Å². The number of aromatic amines is 1. The lowest BCUT2D eigenvalue weighted by Crippen LogP contribution is -2.50. The number of nitrogens with two attached hydrogens (primary N) is 1. The molecule has 158 valence electrons. The monoisotopic (exact) mass is 426 g/mol. The molecule has 0 radical (unpaired) electrons. The maximum absolute atomic E-state index is 13.3. The molecule has 0 bridgehead atoms. The minimum Gasteiger partial charge on any atom is -0.356 e. The highest BCUT2D eigenvalue weighted by Gasteiger charge is 2.41. The highest BCUT2D eigenvalue weighted by atomic mass is 35.5. The molecule has 4 N–H and O–H groups in total. The van der Waals surface area contributed by atoms with E-state index in [0.29, 0.717) is 18.0 Å². The van der Waals surface area contributed by atoms with E-state index in [1.165, 1.54) is 0 Å². The van der Waals surface area contributed by atoms with Crippen LogP contribution >= 0.6 is 11.6 Å². The van der Waals surface area contributed by atoms with Crippen molar-refractivity contribution in [2.75, 3.05) is 24.5 Å². The Balaban J connectivity index is 1.47. The Bertz CT molecular complexity index is 1010. The van der Waals surface area contributed by atoms with Crippen molar-refractivity contribution in [3.8, 4) is 0 Å². The van der Waals surface area contributed by atoms with Crippen LogP contribution in [0.2, 0.25) is 5.02 Å². The summed E-state index contributed by atoms with van der Waals surface area (Å²) >= 11 is 5.98. The number of fused-ring (bicyclic) bond motifs is 1. The van der Waals surface area contributed by atoms with Gasteiger partial charge in [0.2, 0.25) is 5.91 Å². The van der Waals surface area contributed by atoms with Crippen molar-refractivity contribution in [1.29, 1.82) is 0 Å². The number of hydrogen-bond donors (Lipinski definition) is 3. The van der Waals surface area contributed by atoms with Gasteiger partial charge in [-0.15, -0.1) is 0 Å². The Morgan fingerprint density at radius 2 is 2.00 bits per heavy atom. The Labute approximate surface area is 181 Å². The number of halogens is 1. The van der Waals surface area contributed by atoms with E-state index < -0.39 is 5.41 Å². The first-order chi connectivity index (χ1) is 14.5. The molecule has 1 aliphatic heterocycles. The third-order valence-corrected chi connectivity index (χ3v) is 6.43. The van der Waals surface area contributed by atoms with Crippen LogP contribution in [0.1, 0.15) is 37.8 Å². The Kier molecular flexibility index (Phi) is 5.92. The van der Waals surface area contributed by atoms with Gasteiger partial charge in [0.05, 0.1) is 16.8 Å². The number of carbonyl (C=O) groups excluding carboxylic acids is 1. The fourth-order valence-electron chi connectivity index (χ4n) is 4.31. The van der Waals surface area contributed by atoms with Crippen molar-refractivity contribution >= 4 is 34.4 Å². The maximum Gasteiger partial charge on any atom is 0.226 e.